The smallest absolute Gasteiger partial charge is 0.239 e. The first kappa shape index (κ1) is 20.4. The van der Waals surface area contributed by atoms with Gasteiger partial charge in [-0.25, -0.2) is 0 Å². The van der Waals surface area contributed by atoms with E-state index in [1.807, 2.05) is 6.92 Å². The monoisotopic (exact) mass is 400 g/mol. The van der Waals surface area contributed by atoms with E-state index in [2.05, 4.69) is 0 Å². The van der Waals surface area contributed by atoms with E-state index in [-0.39, 0.29) is 22.3 Å². The Labute approximate surface area is 168 Å². The fraction of sp³-hybridized carbons (Fsp3) is 0.318. The van der Waals surface area contributed by atoms with Crippen LogP contribution >= 0.6 is 0 Å². The van der Waals surface area contributed by atoms with Crippen LogP contribution < -0.4 is 29.1 Å². The minimum atomic E-state index is -0.344. The summed E-state index contributed by atoms with van der Waals surface area (Å²) in [5, 5.41) is 0.241. The normalized spacial score (nSPS) is 10.7. The molecule has 0 aliphatic heterocycles. The quantitative estimate of drug-likeness (QED) is 0.558. The maximum atomic E-state index is 13.4. The van der Waals surface area contributed by atoms with Gasteiger partial charge in [-0.15, -0.1) is 0 Å². The number of hydrogen-bond acceptors (Lipinski definition) is 7. The number of ether oxygens (including phenoxy) is 5. The zero-order valence-corrected chi connectivity index (χ0v) is 17.2. The maximum absolute atomic E-state index is 13.4. The van der Waals surface area contributed by atoms with Gasteiger partial charge in [0.1, 0.15) is 16.7 Å². The lowest BCUT2D eigenvalue weighted by Gasteiger charge is -2.17. The predicted molar refractivity (Wildman–Crippen MR) is 110 cm³/mol. The first-order valence-electron chi connectivity index (χ1n) is 9.25. The highest BCUT2D eigenvalue weighted by Gasteiger charge is 2.25. The van der Waals surface area contributed by atoms with Crippen LogP contribution in [-0.2, 0) is 0 Å². The van der Waals surface area contributed by atoms with Gasteiger partial charge in [-0.05, 0) is 38.1 Å². The molecule has 0 saturated heterocycles. The minimum absolute atomic E-state index is 0.110. The molecule has 3 aromatic rings. The van der Waals surface area contributed by atoms with E-state index in [4.69, 9.17) is 28.1 Å². The van der Waals surface area contributed by atoms with Crippen LogP contribution in [0.3, 0.4) is 0 Å². The van der Waals surface area contributed by atoms with Crippen molar-refractivity contribution in [2.45, 2.75) is 13.8 Å². The van der Waals surface area contributed by atoms with Gasteiger partial charge in [0, 0.05) is 11.6 Å². The van der Waals surface area contributed by atoms with Crippen LogP contribution in [0.2, 0.25) is 0 Å². The Morgan fingerprint density at radius 2 is 1.48 bits per heavy atom. The fourth-order valence-electron chi connectivity index (χ4n) is 3.10. The van der Waals surface area contributed by atoms with E-state index >= 15 is 0 Å². The number of benzene rings is 2. The van der Waals surface area contributed by atoms with Crippen LogP contribution in [-0.4, -0.2) is 34.5 Å². The molecule has 1 heterocycles. The molecular formula is C22H24O7. The van der Waals surface area contributed by atoms with Gasteiger partial charge in [-0.2, -0.15) is 0 Å². The van der Waals surface area contributed by atoms with E-state index in [0.29, 0.717) is 47.4 Å². The number of hydrogen-bond donors (Lipinski definition) is 0. The molecule has 0 unspecified atom stereocenters. The van der Waals surface area contributed by atoms with Crippen LogP contribution in [0.5, 0.6) is 28.7 Å². The number of rotatable bonds is 8. The van der Waals surface area contributed by atoms with Crippen molar-refractivity contribution in [1.82, 2.24) is 0 Å². The Balaban J connectivity index is 2.38. The lowest BCUT2D eigenvalue weighted by atomic mass is 10.1. The maximum Gasteiger partial charge on any atom is 0.239 e. The second kappa shape index (κ2) is 8.77. The molecular weight excluding hydrogens is 376 g/mol. The molecule has 0 amide bonds. The third-order valence-corrected chi connectivity index (χ3v) is 4.37. The molecule has 7 heteroatoms. The van der Waals surface area contributed by atoms with E-state index in [0.717, 1.165) is 0 Å². The lowest BCUT2D eigenvalue weighted by Crippen LogP contribution is -2.12. The third kappa shape index (κ3) is 3.68. The standard InChI is InChI=1S/C22H24O7/c1-6-27-21-17-15(12-16(25-4)20(21)26-5)29-19(22(18(17)23)28-7-2)13-8-10-14(24-3)11-9-13/h8-12H,6-7H2,1-5H3. The molecule has 0 N–H and O–H groups in total. The first-order chi connectivity index (χ1) is 14.1. The van der Waals surface area contributed by atoms with Crippen molar-refractivity contribution in [3.63, 3.8) is 0 Å². The van der Waals surface area contributed by atoms with Crippen molar-refractivity contribution in [2.24, 2.45) is 0 Å². The molecule has 3 rings (SSSR count). The van der Waals surface area contributed by atoms with E-state index in [9.17, 15) is 4.79 Å². The Bertz CT molecular complexity index is 1050. The molecule has 1 aromatic heterocycles. The van der Waals surface area contributed by atoms with Gasteiger partial charge < -0.3 is 28.1 Å². The van der Waals surface area contributed by atoms with Gasteiger partial charge in [0.25, 0.3) is 0 Å². The van der Waals surface area contributed by atoms with Crippen LogP contribution in [0.15, 0.2) is 39.5 Å². The molecule has 7 nitrogen and oxygen atoms in total. The summed E-state index contributed by atoms with van der Waals surface area (Å²) >= 11 is 0. The van der Waals surface area contributed by atoms with Gasteiger partial charge in [-0.1, -0.05) is 0 Å². The van der Waals surface area contributed by atoms with Crippen LogP contribution in [0.4, 0.5) is 0 Å². The summed E-state index contributed by atoms with van der Waals surface area (Å²) in [6.45, 7) is 4.26. The molecule has 2 aromatic carbocycles. The summed E-state index contributed by atoms with van der Waals surface area (Å²) in [5.41, 5.74) is 0.648. The molecule has 0 atom stereocenters. The molecule has 0 saturated carbocycles. The predicted octanol–water partition coefficient (Wildman–Crippen LogP) is 4.28. The van der Waals surface area contributed by atoms with Gasteiger partial charge in [0.15, 0.2) is 17.3 Å². The summed E-state index contributed by atoms with van der Waals surface area (Å²) in [6, 6.07) is 8.79. The van der Waals surface area contributed by atoms with Crippen LogP contribution in [0.1, 0.15) is 13.8 Å². The summed E-state index contributed by atoms with van der Waals surface area (Å²) in [4.78, 5) is 13.4. The third-order valence-electron chi connectivity index (χ3n) is 4.37. The van der Waals surface area contributed by atoms with Crippen molar-refractivity contribution >= 4 is 11.0 Å². The number of fused-ring (bicyclic) bond motifs is 1. The first-order valence-corrected chi connectivity index (χ1v) is 9.25. The number of methoxy groups -OCH3 is 3. The van der Waals surface area contributed by atoms with Crippen LogP contribution in [0, 0.1) is 0 Å². The zero-order valence-electron chi connectivity index (χ0n) is 17.2. The van der Waals surface area contributed by atoms with Gasteiger partial charge in [0.05, 0.1) is 34.5 Å². The average molecular weight is 400 g/mol. The Morgan fingerprint density at radius 1 is 0.828 bits per heavy atom. The molecule has 0 radical (unpaired) electrons. The summed E-state index contributed by atoms with van der Waals surface area (Å²) in [5.74, 6) is 2.12. The lowest BCUT2D eigenvalue weighted by molar-refractivity contribution is 0.298. The largest absolute Gasteiger partial charge is 0.497 e. The van der Waals surface area contributed by atoms with Gasteiger partial charge in [0.2, 0.25) is 16.9 Å². The van der Waals surface area contributed by atoms with E-state index in [1.54, 1.807) is 44.4 Å². The molecule has 29 heavy (non-hydrogen) atoms. The Hall–Kier alpha value is -3.35. The summed E-state index contributed by atoms with van der Waals surface area (Å²) in [6.07, 6.45) is 0. The average Bonchev–Trinajstić information content (AvgIpc) is 2.75. The van der Waals surface area contributed by atoms with Crippen molar-refractivity contribution in [1.29, 1.82) is 0 Å². The molecule has 0 aliphatic rings. The van der Waals surface area contributed by atoms with Crippen molar-refractivity contribution in [2.75, 3.05) is 34.5 Å². The Kier molecular flexibility index (Phi) is 6.16. The van der Waals surface area contributed by atoms with E-state index < -0.39 is 0 Å². The van der Waals surface area contributed by atoms with Crippen LogP contribution in [0.25, 0.3) is 22.3 Å². The molecule has 0 bridgehead atoms. The van der Waals surface area contributed by atoms with Crippen molar-refractivity contribution in [3.05, 3.63) is 40.6 Å². The summed E-state index contributed by atoms with van der Waals surface area (Å²) < 4.78 is 33.6. The summed E-state index contributed by atoms with van der Waals surface area (Å²) in [7, 11) is 4.59. The molecule has 0 fully saturated rings. The highest BCUT2D eigenvalue weighted by atomic mass is 16.5. The minimum Gasteiger partial charge on any atom is -0.497 e. The highest BCUT2D eigenvalue weighted by molar-refractivity contribution is 5.91. The SMILES string of the molecule is CCOc1c(-c2ccc(OC)cc2)oc2cc(OC)c(OC)c(OCC)c2c1=O. The fourth-order valence-corrected chi connectivity index (χ4v) is 3.10. The Morgan fingerprint density at radius 3 is 2.03 bits per heavy atom. The highest BCUT2D eigenvalue weighted by Crippen LogP contribution is 2.44. The van der Waals surface area contributed by atoms with E-state index in [1.165, 1.54) is 14.2 Å². The van der Waals surface area contributed by atoms with Gasteiger partial charge in [-0.3, -0.25) is 4.79 Å². The second-order valence-electron chi connectivity index (χ2n) is 6.00. The zero-order chi connectivity index (χ0) is 21.0. The second-order valence-corrected chi connectivity index (χ2v) is 6.00. The molecule has 0 spiro atoms. The topological polar surface area (TPSA) is 76.4 Å². The van der Waals surface area contributed by atoms with Crippen molar-refractivity contribution < 1.29 is 28.1 Å². The molecule has 154 valence electrons. The van der Waals surface area contributed by atoms with Gasteiger partial charge >= 0.3 is 0 Å². The molecule has 0 aliphatic carbocycles. The van der Waals surface area contributed by atoms with Crippen molar-refractivity contribution in [3.8, 4) is 40.1 Å².